The molecular weight excluding hydrogens is 296 g/mol. The van der Waals surface area contributed by atoms with Crippen LogP contribution in [0, 0.1) is 5.92 Å². The van der Waals surface area contributed by atoms with Gasteiger partial charge in [0.05, 0.1) is 6.26 Å². The normalized spacial score (nSPS) is 15.8. The molecule has 3 rings (SSSR count). The van der Waals surface area contributed by atoms with E-state index in [4.69, 9.17) is 10.2 Å². The van der Waals surface area contributed by atoms with Gasteiger partial charge in [-0.1, -0.05) is 6.92 Å². The van der Waals surface area contributed by atoms with E-state index >= 15 is 0 Å². The van der Waals surface area contributed by atoms with Crippen LogP contribution >= 0.6 is 0 Å². The Bertz CT molecular complexity index is 743. The van der Waals surface area contributed by atoms with Crippen LogP contribution in [0.3, 0.4) is 0 Å². The van der Waals surface area contributed by atoms with Crippen molar-refractivity contribution in [2.45, 2.75) is 26.3 Å². The first-order valence-electron chi connectivity index (χ1n) is 7.74. The van der Waals surface area contributed by atoms with Crippen molar-refractivity contribution in [3.8, 4) is 11.5 Å². The van der Waals surface area contributed by atoms with Crippen LogP contribution in [-0.4, -0.2) is 33.7 Å². The summed E-state index contributed by atoms with van der Waals surface area (Å²) in [4.78, 5) is 26.3. The molecule has 23 heavy (non-hydrogen) atoms. The molecule has 2 aromatic rings. The number of carbonyl (C=O) groups is 1. The minimum absolute atomic E-state index is 0.0477. The Morgan fingerprint density at radius 2 is 2.17 bits per heavy atom. The lowest BCUT2D eigenvalue weighted by Gasteiger charge is -2.30. The second-order valence-electron chi connectivity index (χ2n) is 5.99. The summed E-state index contributed by atoms with van der Waals surface area (Å²) in [5, 5.41) is 4.21. The Kier molecular flexibility index (Phi) is 4.18. The van der Waals surface area contributed by atoms with Crippen molar-refractivity contribution in [2.24, 2.45) is 5.92 Å². The number of piperidine rings is 1. The van der Waals surface area contributed by atoms with E-state index in [1.165, 1.54) is 12.3 Å². The van der Waals surface area contributed by atoms with Crippen molar-refractivity contribution in [1.29, 1.82) is 0 Å². The van der Waals surface area contributed by atoms with Gasteiger partial charge in [-0.05, 0) is 37.0 Å². The number of furan rings is 1. The Morgan fingerprint density at radius 3 is 2.83 bits per heavy atom. The zero-order chi connectivity index (χ0) is 16.4. The maximum absolute atomic E-state index is 12.4. The molecular formula is C16H20N4O3. The van der Waals surface area contributed by atoms with Crippen LogP contribution in [0.1, 0.15) is 19.8 Å². The second kappa shape index (κ2) is 6.28. The number of anilines is 1. The molecule has 0 atom stereocenters. The summed E-state index contributed by atoms with van der Waals surface area (Å²) in [7, 11) is 0. The highest BCUT2D eigenvalue weighted by Gasteiger charge is 2.21. The summed E-state index contributed by atoms with van der Waals surface area (Å²) in [6.45, 7) is 3.53. The molecule has 1 saturated heterocycles. The lowest BCUT2D eigenvalue weighted by atomic mass is 9.99. The molecule has 1 amide bonds. The maximum atomic E-state index is 12.4. The van der Waals surface area contributed by atoms with Crippen molar-refractivity contribution in [3.63, 3.8) is 0 Å². The molecule has 0 unspecified atom stereocenters. The minimum Gasteiger partial charge on any atom is -0.463 e. The Morgan fingerprint density at radius 1 is 1.43 bits per heavy atom. The van der Waals surface area contributed by atoms with Crippen LogP contribution in [0.5, 0.6) is 0 Å². The third-order valence-electron chi connectivity index (χ3n) is 4.20. The summed E-state index contributed by atoms with van der Waals surface area (Å²) < 4.78 is 6.39. The van der Waals surface area contributed by atoms with Crippen molar-refractivity contribution in [2.75, 3.05) is 18.8 Å². The first-order chi connectivity index (χ1) is 11.0. The maximum Gasteiger partial charge on any atom is 0.290 e. The predicted octanol–water partition coefficient (Wildman–Crippen LogP) is 1.34. The van der Waals surface area contributed by atoms with Gasteiger partial charge in [0, 0.05) is 13.1 Å². The highest BCUT2D eigenvalue weighted by molar-refractivity contribution is 5.76. The smallest absolute Gasteiger partial charge is 0.290 e. The third-order valence-corrected chi connectivity index (χ3v) is 4.20. The van der Waals surface area contributed by atoms with Gasteiger partial charge in [0.1, 0.15) is 17.9 Å². The number of nitrogen functional groups attached to an aromatic ring is 1. The molecule has 1 fully saturated rings. The quantitative estimate of drug-likeness (QED) is 0.922. The number of likely N-dealkylation sites (tertiary alicyclic amines) is 1. The Labute approximate surface area is 133 Å². The lowest BCUT2D eigenvalue weighted by Crippen LogP contribution is -2.42. The molecule has 7 heteroatoms. The van der Waals surface area contributed by atoms with Crippen LogP contribution < -0.4 is 11.3 Å². The average molecular weight is 316 g/mol. The van der Waals surface area contributed by atoms with Gasteiger partial charge >= 0.3 is 0 Å². The molecule has 0 aliphatic carbocycles. The Balaban J connectivity index is 1.82. The van der Waals surface area contributed by atoms with Gasteiger partial charge in [-0.2, -0.15) is 5.10 Å². The molecule has 0 radical (unpaired) electrons. The van der Waals surface area contributed by atoms with Gasteiger partial charge in [-0.3, -0.25) is 9.59 Å². The largest absolute Gasteiger partial charge is 0.463 e. The molecule has 0 bridgehead atoms. The first kappa shape index (κ1) is 15.3. The molecule has 2 N–H and O–H groups in total. The fourth-order valence-electron chi connectivity index (χ4n) is 2.70. The van der Waals surface area contributed by atoms with Crippen molar-refractivity contribution in [3.05, 3.63) is 34.8 Å². The molecule has 7 nitrogen and oxygen atoms in total. The molecule has 1 aliphatic heterocycles. The van der Waals surface area contributed by atoms with Gasteiger partial charge < -0.3 is 15.1 Å². The van der Waals surface area contributed by atoms with Crippen LogP contribution in [-0.2, 0) is 11.3 Å². The van der Waals surface area contributed by atoms with Crippen LogP contribution in [0.4, 0.5) is 5.69 Å². The van der Waals surface area contributed by atoms with Crippen molar-refractivity contribution < 1.29 is 9.21 Å². The van der Waals surface area contributed by atoms with Crippen LogP contribution in [0.25, 0.3) is 11.5 Å². The standard InChI is InChI=1S/C16H20N4O3/c1-11-4-6-19(7-5-11)15(21)10-20-16(22)12(17)9-13(18-20)14-3-2-8-23-14/h2-3,8-9,11H,4-7,10,17H2,1H3. The van der Waals surface area contributed by atoms with E-state index in [9.17, 15) is 9.59 Å². The predicted molar refractivity (Wildman–Crippen MR) is 85.6 cm³/mol. The number of carbonyl (C=O) groups excluding carboxylic acids is 1. The summed E-state index contributed by atoms with van der Waals surface area (Å²) in [5.41, 5.74) is 5.79. The SMILES string of the molecule is CC1CCN(C(=O)Cn2nc(-c3ccco3)cc(N)c2=O)CC1. The molecule has 0 aromatic carbocycles. The summed E-state index contributed by atoms with van der Waals surface area (Å²) >= 11 is 0. The van der Waals surface area contributed by atoms with Crippen LogP contribution in [0.2, 0.25) is 0 Å². The number of aromatic nitrogens is 2. The topological polar surface area (TPSA) is 94.4 Å². The number of amides is 1. The second-order valence-corrected chi connectivity index (χ2v) is 5.99. The van der Waals surface area contributed by atoms with Gasteiger partial charge in [-0.25, -0.2) is 4.68 Å². The minimum atomic E-state index is -0.459. The van der Waals surface area contributed by atoms with E-state index in [1.54, 1.807) is 17.0 Å². The zero-order valence-electron chi connectivity index (χ0n) is 13.1. The van der Waals surface area contributed by atoms with E-state index in [-0.39, 0.29) is 18.1 Å². The summed E-state index contributed by atoms with van der Waals surface area (Å²) in [6.07, 6.45) is 3.49. The fraction of sp³-hybridized carbons (Fsp3) is 0.438. The first-order valence-corrected chi connectivity index (χ1v) is 7.74. The number of rotatable bonds is 3. The molecule has 0 spiro atoms. The van der Waals surface area contributed by atoms with Gasteiger partial charge in [-0.15, -0.1) is 0 Å². The van der Waals surface area contributed by atoms with Crippen molar-refractivity contribution in [1.82, 2.24) is 14.7 Å². The molecule has 122 valence electrons. The van der Waals surface area contributed by atoms with E-state index in [0.717, 1.165) is 30.6 Å². The highest BCUT2D eigenvalue weighted by atomic mass is 16.3. The monoisotopic (exact) mass is 316 g/mol. The highest BCUT2D eigenvalue weighted by Crippen LogP contribution is 2.18. The number of hydrogen-bond acceptors (Lipinski definition) is 5. The molecule has 1 aliphatic rings. The van der Waals surface area contributed by atoms with Crippen molar-refractivity contribution >= 4 is 11.6 Å². The zero-order valence-corrected chi connectivity index (χ0v) is 13.1. The number of nitrogens with zero attached hydrogens (tertiary/aromatic N) is 3. The van der Waals surface area contributed by atoms with E-state index < -0.39 is 5.56 Å². The molecule has 3 heterocycles. The Hall–Kier alpha value is -2.57. The molecule has 0 saturated carbocycles. The summed E-state index contributed by atoms with van der Waals surface area (Å²) in [5.74, 6) is 1.03. The number of hydrogen-bond donors (Lipinski definition) is 1. The third kappa shape index (κ3) is 3.28. The van der Waals surface area contributed by atoms with Gasteiger partial charge in [0.25, 0.3) is 5.56 Å². The van der Waals surface area contributed by atoms with E-state index in [0.29, 0.717) is 17.4 Å². The fourth-order valence-corrected chi connectivity index (χ4v) is 2.70. The van der Waals surface area contributed by atoms with Crippen LogP contribution in [0.15, 0.2) is 33.7 Å². The average Bonchev–Trinajstić information content (AvgIpc) is 3.06. The van der Waals surface area contributed by atoms with E-state index in [2.05, 4.69) is 12.0 Å². The molecule has 2 aromatic heterocycles. The van der Waals surface area contributed by atoms with Gasteiger partial charge in [0.2, 0.25) is 5.91 Å². The number of nitrogens with two attached hydrogens (primary N) is 1. The van der Waals surface area contributed by atoms with E-state index in [1.807, 2.05) is 0 Å². The summed E-state index contributed by atoms with van der Waals surface area (Å²) in [6, 6.07) is 4.91. The lowest BCUT2D eigenvalue weighted by molar-refractivity contribution is -0.133. The van der Waals surface area contributed by atoms with Gasteiger partial charge in [0.15, 0.2) is 5.76 Å².